The summed E-state index contributed by atoms with van der Waals surface area (Å²) in [7, 11) is 0. The third-order valence-electron chi connectivity index (χ3n) is 1.08. The Kier molecular flexibility index (Phi) is 39.1. The molecular formula is C7H14F5N. The van der Waals surface area contributed by atoms with Crippen molar-refractivity contribution in [1.82, 2.24) is 0 Å². The first kappa shape index (κ1) is 29.7. The summed E-state index contributed by atoms with van der Waals surface area (Å²) in [5, 5.41) is 0. The van der Waals surface area contributed by atoms with Crippen LogP contribution in [0.3, 0.4) is 0 Å². The molecule has 13 heavy (non-hydrogen) atoms. The van der Waals surface area contributed by atoms with E-state index in [-0.39, 0.29) is 23.5 Å². The Labute approximate surface area is 72.8 Å². The summed E-state index contributed by atoms with van der Waals surface area (Å²) in [6.07, 6.45) is 0. The summed E-state index contributed by atoms with van der Waals surface area (Å²) in [6.45, 7) is 0.640. The lowest BCUT2D eigenvalue weighted by molar-refractivity contribution is 1.07. The molecule has 6 heteroatoms. The Morgan fingerprint density at radius 2 is 1.15 bits per heavy atom. The molecule has 1 nitrogen and oxygen atoms in total. The zero-order valence-corrected chi connectivity index (χ0v) is 6.71. The van der Waals surface area contributed by atoms with Crippen LogP contribution in [-0.4, -0.2) is 0 Å². The molecular weight excluding hydrogens is 193 g/mol. The average molecular weight is 207 g/mol. The molecule has 0 unspecified atom stereocenters. The lowest BCUT2D eigenvalue weighted by atomic mass is 10.2. The lowest BCUT2D eigenvalue weighted by Crippen LogP contribution is -1.94. The second kappa shape index (κ2) is 17.1. The van der Waals surface area contributed by atoms with Gasteiger partial charge >= 0.3 is 0 Å². The largest absolute Gasteiger partial charge is 0.326 e. The van der Waals surface area contributed by atoms with Crippen LogP contribution in [0.1, 0.15) is 5.56 Å². The van der Waals surface area contributed by atoms with E-state index in [2.05, 4.69) is 0 Å². The summed E-state index contributed by atoms with van der Waals surface area (Å²) in [6, 6.07) is 9.99. The zero-order valence-electron chi connectivity index (χ0n) is 6.71. The minimum Gasteiger partial charge on any atom is -0.326 e. The molecule has 0 aliphatic heterocycles. The Bertz CT molecular complexity index is 158. The highest BCUT2D eigenvalue weighted by molar-refractivity contribution is 5.13. The molecule has 1 aromatic rings. The van der Waals surface area contributed by atoms with Crippen molar-refractivity contribution >= 4 is 0 Å². The molecule has 0 radical (unpaired) electrons. The van der Waals surface area contributed by atoms with E-state index in [1.54, 1.807) is 0 Å². The maximum absolute atomic E-state index is 5.35. The van der Waals surface area contributed by atoms with Gasteiger partial charge in [0.2, 0.25) is 0 Å². The number of nitrogens with two attached hydrogens (primary N) is 1. The van der Waals surface area contributed by atoms with Gasteiger partial charge in [0.05, 0.1) is 0 Å². The molecule has 0 aromatic heterocycles. The van der Waals surface area contributed by atoms with Crippen molar-refractivity contribution in [2.24, 2.45) is 5.73 Å². The van der Waals surface area contributed by atoms with Gasteiger partial charge in [0, 0.05) is 6.54 Å². The van der Waals surface area contributed by atoms with Crippen LogP contribution in [0.2, 0.25) is 0 Å². The normalized spacial score (nSPS) is 5.62. The van der Waals surface area contributed by atoms with E-state index in [1.807, 2.05) is 30.3 Å². The van der Waals surface area contributed by atoms with Crippen LogP contribution in [0.4, 0.5) is 23.5 Å². The molecule has 2 N–H and O–H groups in total. The Hall–Kier alpha value is -1.17. The van der Waals surface area contributed by atoms with Crippen LogP contribution in [-0.2, 0) is 6.54 Å². The lowest BCUT2D eigenvalue weighted by Gasteiger charge is -1.90. The molecule has 0 aliphatic carbocycles. The van der Waals surface area contributed by atoms with E-state index in [0.29, 0.717) is 6.54 Å². The summed E-state index contributed by atoms with van der Waals surface area (Å²) >= 11 is 0. The maximum atomic E-state index is 5.35. The molecule has 0 saturated carbocycles. The van der Waals surface area contributed by atoms with Gasteiger partial charge in [-0.25, -0.2) is 0 Å². The maximum Gasteiger partial charge on any atom is 0.0178 e. The first-order valence-corrected chi connectivity index (χ1v) is 2.67. The highest BCUT2D eigenvalue weighted by atomic mass is 19.0. The van der Waals surface area contributed by atoms with Crippen molar-refractivity contribution in [3.8, 4) is 0 Å². The predicted octanol–water partition coefficient (Wildman–Crippen LogP) is 1.91. The third kappa shape index (κ3) is 10.8. The van der Waals surface area contributed by atoms with Gasteiger partial charge in [0.15, 0.2) is 0 Å². The van der Waals surface area contributed by atoms with Crippen LogP contribution in [0, 0.1) is 0 Å². The molecule has 1 aromatic carbocycles. The average Bonchev–Trinajstić information content (AvgIpc) is 1.90. The van der Waals surface area contributed by atoms with Gasteiger partial charge in [-0.2, -0.15) is 0 Å². The van der Waals surface area contributed by atoms with Gasteiger partial charge in [-0.15, -0.1) is 0 Å². The second-order valence-electron chi connectivity index (χ2n) is 1.69. The van der Waals surface area contributed by atoms with E-state index in [0.717, 1.165) is 0 Å². The molecule has 0 amide bonds. The van der Waals surface area contributed by atoms with Crippen LogP contribution >= 0.6 is 0 Å². The molecule has 0 spiro atoms. The fourth-order valence-corrected chi connectivity index (χ4v) is 0.614. The van der Waals surface area contributed by atoms with E-state index < -0.39 is 0 Å². The standard InChI is InChI=1S/C7H9N.5FH/c8-6-7-4-2-1-3-5-7;;;;;/h1-5H,6,8H2;5*1H. The number of rotatable bonds is 1. The van der Waals surface area contributed by atoms with Crippen molar-refractivity contribution in [3.63, 3.8) is 0 Å². The number of hydrogen-bond donors (Lipinski definition) is 1. The van der Waals surface area contributed by atoms with Crippen molar-refractivity contribution < 1.29 is 23.5 Å². The molecule has 0 aliphatic rings. The highest BCUT2D eigenvalue weighted by Crippen LogP contribution is 1.94. The molecule has 82 valence electrons. The minimum absolute atomic E-state index is 0. The molecule has 0 saturated heterocycles. The van der Waals surface area contributed by atoms with Crippen molar-refractivity contribution in [3.05, 3.63) is 35.9 Å². The van der Waals surface area contributed by atoms with Gasteiger partial charge in [-0.1, -0.05) is 30.3 Å². The first-order chi connectivity index (χ1) is 3.93. The van der Waals surface area contributed by atoms with Gasteiger partial charge in [-0.3, -0.25) is 23.5 Å². The van der Waals surface area contributed by atoms with E-state index >= 15 is 0 Å². The summed E-state index contributed by atoms with van der Waals surface area (Å²) in [5.41, 5.74) is 6.54. The zero-order chi connectivity index (χ0) is 5.82. The Morgan fingerprint density at radius 3 is 1.38 bits per heavy atom. The van der Waals surface area contributed by atoms with Crippen molar-refractivity contribution in [2.75, 3.05) is 0 Å². The Balaban J connectivity index is -0.0000000427. The predicted molar refractivity (Wildman–Crippen MR) is 46.8 cm³/mol. The molecule has 0 heterocycles. The van der Waals surface area contributed by atoms with E-state index in [9.17, 15) is 0 Å². The van der Waals surface area contributed by atoms with Crippen LogP contribution in [0.25, 0.3) is 0 Å². The fourth-order valence-electron chi connectivity index (χ4n) is 0.614. The summed E-state index contributed by atoms with van der Waals surface area (Å²) < 4.78 is 0. The number of halogens is 5. The molecule has 0 bridgehead atoms. The Morgan fingerprint density at radius 1 is 0.769 bits per heavy atom. The van der Waals surface area contributed by atoms with Gasteiger partial charge in [0.25, 0.3) is 0 Å². The summed E-state index contributed by atoms with van der Waals surface area (Å²) in [5.74, 6) is 0. The molecule has 0 fully saturated rings. The van der Waals surface area contributed by atoms with Gasteiger partial charge < -0.3 is 5.73 Å². The molecule has 1 rings (SSSR count). The first-order valence-electron chi connectivity index (χ1n) is 2.67. The number of hydrogen-bond acceptors (Lipinski definition) is 1. The van der Waals surface area contributed by atoms with Gasteiger partial charge in [-0.05, 0) is 5.56 Å². The van der Waals surface area contributed by atoms with Crippen molar-refractivity contribution in [1.29, 1.82) is 0 Å². The minimum atomic E-state index is 0. The second-order valence-corrected chi connectivity index (χ2v) is 1.69. The topological polar surface area (TPSA) is 26.0 Å². The van der Waals surface area contributed by atoms with Crippen LogP contribution < -0.4 is 5.73 Å². The van der Waals surface area contributed by atoms with Gasteiger partial charge in [0.1, 0.15) is 0 Å². The highest BCUT2D eigenvalue weighted by Gasteiger charge is 1.80. The number of benzene rings is 1. The third-order valence-corrected chi connectivity index (χ3v) is 1.08. The van der Waals surface area contributed by atoms with Crippen LogP contribution in [0.5, 0.6) is 0 Å². The quantitative estimate of drug-likeness (QED) is 0.699. The van der Waals surface area contributed by atoms with E-state index in [4.69, 9.17) is 5.73 Å². The van der Waals surface area contributed by atoms with Crippen molar-refractivity contribution in [2.45, 2.75) is 6.54 Å². The smallest absolute Gasteiger partial charge is 0.0178 e. The fraction of sp³-hybridized carbons (Fsp3) is 0.143. The molecule has 0 atom stereocenters. The summed E-state index contributed by atoms with van der Waals surface area (Å²) in [4.78, 5) is 0. The monoisotopic (exact) mass is 207 g/mol. The van der Waals surface area contributed by atoms with Crippen LogP contribution in [0.15, 0.2) is 30.3 Å². The van der Waals surface area contributed by atoms with E-state index in [1.165, 1.54) is 5.56 Å². The SMILES string of the molecule is F.F.F.F.F.NCc1ccccc1.